The fourth-order valence-electron chi connectivity index (χ4n) is 6.29. The van der Waals surface area contributed by atoms with Gasteiger partial charge in [-0.2, -0.15) is 0 Å². The Kier molecular flexibility index (Phi) is 9.96. The zero-order valence-corrected chi connectivity index (χ0v) is 27.6. The minimum absolute atomic E-state index is 0.129. The number of ether oxygens (including phenoxy) is 3. The number of hydrogen-bond donors (Lipinski definition) is 3. The standard InChI is InChI=1S/C34H42N4O6S/c1-18(2)30(33(41)38-34-37-25-10-8-7-9-11-28(25)45-34)36-24-15-13-21-22(17-26(24)40)23(35-19(3)39)14-12-20-16-27(42-4)31(43-5)32(44-6)29(20)21/h13,15-18,23,30H,7-12,14H2,1-6H3,(H,35,39)(H,36,40)(H,37,38,41)/t23-,30+/m1/s1. The van der Waals surface area contributed by atoms with Crippen molar-refractivity contribution >= 4 is 34.0 Å². The summed E-state index contributed by atoms with van der Waals surface area (Å²) < 4.78 is 17.2. The average Bonchev–Trinajstić information content (AvgIpc) is 3.11. The van der Waals surface area contributed by atoms with E-state index in [0.717, 1.165) is 48.1 Å². The highest BCUT2D eigenvalue weighted by Gasteiger charge is 2.30. The fourth-order valence-corrected chi connectivity index (χ4v) is 7.35. The maximum atomic E-state index is 13.8. The van der Waals surface area contributed by atoms with Crippen molar-refractivity contribution in [3.8, 4) is 28.4 Å². The van der Waals surface area contributed by atoms with Gasteiger partial charge in [0.05, 0.1) is 38.8 Å². The van der Waals surface area contributed by atoms with Gasteiger partial charge in [0.2, 0.25) is 23.0 Å². The molecule has 1 heterocycles. The van der Waals surface area contributed by atoms with Crippen LogP contribution in [0, 0.1) is 5.92 Å². The lowest BCUT2D eigenvalue weighted by atomic mass is 9.95. The van der Waals surface area contributed by atoms with Crippen LogP contribution in [0.5, 0.6) is 17.2 Å². The van der Waals surface area contributed by atoms with Crippen LogP contribution >= 0.6 is 11.3 Å². The maximum Gasteiger partial charge on any atom is 0.248 e. The summed E-state index contributed by atoms with van der Waals surface area (Å²) in [5, 5.41) is 9.86. The maximum absolute atomic E-state index is 13.8. The summed E-state index contributed by atoms with van der Waals surface area (Å²) in [5.41, 5.74) is 4.14. The molecule has 10 nitrogen and oxygen atoms in total. The third-order valence-electron chi connectivity index (χ3n) is 8.50. The molecule has 0 fully saturated rings. The Morgan fingerprint density at radius 2 is 1.73 bits per heavy atom. The van der Waals surface area contributed by atoms with Gasteiger partial charge in [-0.05, 0) is 79.3 Å². The zero-order chi connectivity index (χ0) is 32.2. The minimum Gasteiger partial charge on any atom is -0.493 e. The molecule has 1 aromatic heterocycles. The molecule has 2 aliphatic carbocycles. The van der Waals surface area contributed by atoms with Crippen LogP contribution in [0.25, 0.3) is 11.1 Å². The Morgan fingerprint density at radius 1 is 0.978 bits per heavy atom. The minimum atomic E-state index is -0.694. The molecule has 0 aliphatic heterocycles. The Labute approximate surface area is 267 Å². The summed E-state index contributed by atoms with van der Waals surface area (Å²) >= 11 is 1.54. The van der Waals surface area contributed by atoms with Crippen molar-refractivity contribution in [1.29, 1.82) is 0 Å². The Bertz CT molecular complexity index is 1630. The highest BCUT2D eigenvalue weighted by atomic mass is 32.1. The number of methoxy groups -OCH3 is 3. The zero-order valence-electron chi connectivity index (χ0n) is 26.8. The van der Waals surface area contributed by atoms with Gasteiger partial charge in [-0.25, -0.2) is 4.98 Å². The molecule has 0 bridgehead atoms. The first-order valence-corrected chi connectivity index (χ1v) is 16.3. The Morgan fingerprint density at radius 3 is 2.42 bits per heavy atom. The van der Waals surface area contributed by atoms with E-state index in [1.165, 1.54) is 18.2 Å². The number of rotatable bonds is 9. The second kappa shape index (κ2) is 13.9. The molecule has 0 radical (unpaired) electrons. The van der Waals surface area contributed by atoms with E-state index in [4.69, 9.17) is 19.2 Å². The molecule has 3 N–H and O–H groups in total. The van der Waals surface area contributed by atoms with E-state index >= 15 is 0 Å². The number of carbonyl (C=O) groups excluding carboxylic acids is 2. The summed E-state index contributed by atoms with van der Waals surface area (Å²) in [7, 11) is 4.68. The second-order valence-corrected chi connectivity index (χ2v) is 13.0. The average molecular weight is 635 g/mol. The molecule has 45 heavy (non-hydrogen) atoms. The van der Waals surface area contributed by atoms with Crippen molar-refractivity contribution in [2.45, 2.75) is 77.8 Å². The van der Waals surface area contributed by atoms with Crippen molar-refractivity contribution in [2.24, 2.45) is 5.92 Å². The summed E-state index contributed by atoms with van der Waals surface area (Å²) in [6.07, 6.45) is 6.53. The van der Waals surface area contributed by atoms with Crippen molar-refractivity contribution in [1.82, 2.24) is 10.3 Å². The molecule has 0 saturated carbocycles. The molecular weight excluding hydrogens is 592 g/mol. The van der Waals surface area contributed by atoms with E-state index in [0.29, 0.717) is 40.8 Å². The first kappa shape index (κ1) is 32.3. The van der Waals surface area contributed by atoms with Crippen LogP contribution in [-0.4, -0.2) is 44.2 Å². The Hall–Kier alpha value is -4.12. The predicted molar refractivity (Wildman–Crippen MR) is 177 cm³/mol. The van der Waals surface area contributed by atoms with Crippen molar-refractivity contribution in [2.75, 3.05) is 32.0 Å². The van der Waals surface area contributed by atoms with Crippen molar-refractivity contribution < 1.29 is 23.8 Å². The first-order valence-electron chi connectivity index (χ1n) is 15.5. The van der Waals surface area contributed by atoms with Gasteiger partial charge < -0.3 is 30.2 Å². The third-order valence-corrected chi connectivity index (χ3v) is 9.57. The number of aryl methyl sites for hydroxylation is 3. The predicted octanol–water partition coefficient (Wildman–Crippen LogP) is 5.66. The van der Waals surface area contributed by atoms with Gasteiger partial charge in [-0.15, -0.1) is 11.3 Å². The van der Waals surface area contributed by atoms with E-state index in [1.807, 2.05) is 26.0 Å². The summed E-state index contributed by atoms with van der Waals surface area (Å²) in [5.74, 6) is 0.864. The summed E-state index contributed by atoms with van der Waals surface area (Å²) in [4.78, 5) is 45.7. The number of nitrogens with zero attached hydrogens (tertiary/aromatic N) is 1. The monoisotopic (exact) mass is 634 g/mol. The molecule has 240 valence electrons. The number of thiazole rings is 1. The van der Waals surface area contributed by atoms with E-state index < -0.39 is 12.1 Å². The van der Waals surface area contributed by atoms with Crippen LogP contribution in [0.4, 0.5) is 10.8 Å². The molecular formula is C34H42N4O6S. The van der Waals surface area contributed by atoms with Crippen LogP contribution in [0.3, 0.4) is 0 Å². The van der Waals surface area contributed by atoms with Gasteiger partial charge in [0.1, 0.15) is 6.04 Å². The van der Waals surface area contributed by atoms with Gasteiger partial charge in [0.25, 0.3) is 0 Å². The van der Waals surface area contributed by atoms with Gasteiger partial charge in [0.15, 0.2) is 16.6 Å². The molecule has 0 spiro atoms. The van der Waals surface area contributed by atoms with Crippen LogP contribution in [0.1, 0.15) is 74.2 Å². The Balaban J connectivity index is 1.55. The van der Waals surface area contributed by atoms with Crippen LogP contribution in [0.15, 0.2) is 29.1 Å². The molecule has 2 aromatic carbocycles. The highest BCUT2D eigenvalue weighted by molar-refractivity contribution is 7.15. The van der Waals surface area contributed by atoms with Crippen LogP contribution in [0.2, 0.25) is 0 Å². The number of hydrogen-bond acceptors (Lipinski definition) is 9. The number of benzene rings is 1. The smallest absolute Gasteiger partial charge is 0.248 e. The van der Waals surface area contributed by atoms with Crippen LogP contribution in [-0.2, 0) is 28.9 Å². The first-order chi connectivity index (χ1) is 21.6. The topological polar surface area (TPSA) is 128 Å². The second-order valence-electron chi connectivity index (χ2n) is 11.9. The number of aromatic nitrogens is 1. The molecule has 2 amide bonds. The number of amides is 2. The molecule has 3 aromatic rings. The van der Waals surface area contributed by atoms with Gasteiger partial charge in [0, 0.05) is 17.4 Å². The van der Waals surface area contributed by atoms with E-state index in [2.05, 4.69) is 16.0 Å². The molecule has 2 aliphatic rings. The quantitative estimate of drug-likeness (QED) is 0.257. The highest BCUT2D eigenvalue weighted by Crippen LogP contribution is 2.50. The summed E-state index contributed by atoms with van der Waals surface area (Å²) in [6.45, 7) is 5.33. The number of fused-ring (bicyclic) bond motifs is 4. The van der Waals surface area contributed by atoms with E-state index in [1.54, 1.807) is 44.8 Å². The lowest BCUT2D eigenvalue weighted by Gasteiger charge is -2.21. The largest absolute Gasteiger partial charge is 0.493 e. The SMILES string of the molecule is COc1cc2c(c(OC)c1OC)-c1ccc(N[C@H](C(=O)Nc3nc4c(s3)CCCCC4)C(C)C)c(=O)cc1[C@H](NC(C)=O)CC2. The normalized spacial score (nSPS) is 16.2. The summed E-state index contributed by atoms with van der Waals surface area (Å²) in [6, 6.07) is 5.89. The number of nitrogens with one attached hydrogen (secondary N) is 3. The van der Waals surface area contributed by atoms with E-state index in [9.17, 15) is 14.4 Å². The molecule has 5 rings (SSSR count). The van der Waals surface area contributed by atoms with Gasteiger partial charge in [-0.3, -0.25) is 14.4 Å². The molecule has 0 unspecified atom stereocenters. The third kappa shape index (κ3) is 6.78. The van der Waals surface area contributed by atoms with Crippen LogP contribution < -0.4 is 35.6 Å². The van der Waals surface area contributed by atoms with E-state index in [-0.39, 0.29) is 28.8 Å². The van der Waals surface area contributed by atoms with Gasteiger partial charge >= 0.3 is 0 Å². The van der Waals surface area contributed by atoms with Crippen molar-refractivity contribution in [3.63, 3.8) is 0 Å². The fraction of sp³-hybridized carbons (Fsp3) is 0.471. The molecule has 0 saturated heterocycles. The lowest BCUT2D eigenvalue weighted by Crippen LogP contribution is -2.39. The lowest BCUT2D eigenvalue weighted by molar-refractivity contribution is -0.120. The molecule has 11 heteroatoms. The van der Waals surface area contributed by atoms with Crippen molar-refractivity contribution in [3.05, 3.63) is 56.2 Å². The number of carbonyl (C=O) groups is 2. The van der Waals surface area contributed by atoms with Gasteiger partial charge in [-0.1, -0.05) is 26.3 Å². The number of anilines is 2. The molecule has 2 atom stereocenters.